The summed E-state index contributed by atoms with van der Waals surface area (Å²) in [4.78, 5) is 12.5. The van der Waals surface area contributed by atoms with E-state index in [2.05, 4.69) is 67.8 Å². The van der Waals surface area contributed by atoms with E-state index in [0.29, 0.717) is 19.3 Å². The summed E-state index contributed by atoms with van der Waals surface area (Å²) >= 11 is 0. The van der Waals surface area contributed by atoms with Gasteiger partial charge in [-0.05, 0) is 77.0 Å². The average Bonchev–Trinajstić information content (AvgIpc) is 3.13. The third kappa shape index (κ3) is 33.8. The van der Waals surface area contributed by atoms with Crippen molar-refractivity contribution in [2.75, 3.05) is 6.61 Å². The number of rotatable bonds is 38. The molecule has 0 aliphatic rings. The van der Waals surface area contributed by atoms with Crippen LogP contribution in [-0.4, -0.2) is 57.3 Å². The molecule has 0 fully saturated rings. The summed E-state index contributed by atoms with van der Waals surface area (Å²) in [5.41, 5.74) is 0. The summed E-state index contributed by atoms with van der Waals surface area (Å²) in [6.07, 6.45) is 47.1. The second-order valence-electron chi connectivity index (χ2n) is 14.7. The zero-order valence-corrected chi connectivity index (χ0v) is 33.3. The molecule has 0 radical (unpaired) electrons. The van der Waals surface area contributed by atoms with Gasteiger partial charge in [-0.15, -0.1) is 0 Å². The lowest BCUT2D eigenvalue weighted by Gasteiger charge is -2.27. The highest BCUT2D eigenvalue weighted by molar-refractivity contribution is 5.80. The van der Waals surface area contributed by atoms with Crippen LogP contribution < -0.4 is 5.32 Å². The van der Waals surface area contributed by atoms with E-state index in [-0.39, 0.29) is 0 Å². The Hall–Kier alpha value is -1.73. The van der Waals surface area contributed by atoms with Crippen molar-refractivity contribution in [1.29, 1.82) is 0 Å². The Bertz CT molecular complexity index is 854. The normalized spacial score (nSPS) is 14.7. The lowest BCUT2D eigenvalue weighted by Crippen LogP contribution is -2.53. The molecule has 0 aromatic rings. The first-order valence-electron chi connectivity index (χ1n) is 21.5. The molecule has 6 heteroatoms. The molecule has 298 valence electrons. The SMILES string of the molecule is CCCCC/C=C\C=C/CCCCCCCC(O)C(=O)NC(CO)C(O)C(O)CCC/C=C/CC/C=C/CCCCCCCCCCCCCC. The van der Waals surface area contributed by atoms with Crippen molar-refractivity contribution in [1.82, 2.24) is 5.32 Å². The van der Waals surface area contributed by atoms with Crippen LogP contribution in [0.2, 0.25) is 0 Å². The lowest BCUT2D eigenvalue weighted by molar-refractivity contribution is -0.132. The first-order chi connectivity index (χ1) is 25.0. The highest BCUT2D eigenvalue weighted by Crippen LogP contribution is 2.14. The lowest BCUT2D eigenvalue weighted by atomic mass is 10.00. The Morgan fingerprint density at radius 1 is 0.490 bits per heavy atom. The molecule has 5 N–H and O–H groups in total. The summed E-state index contributed by atoms with van der Waals surface area (Å²) in [5.74, 6) is -0.612. The van der Waals surface area contributed by atoms with Gasteiger partial charge in [0.2, 0.25) is 5.91 Å². The number of carbonyl (C=O) groups excluding carboxylic acids is 1. The van der Waals surface area contributed by atoms with Crippen molar-refractivity contribution in [2.24, 2.45) is 0 Å². The van der Waals surface area contributed by atoms with Gasteiger partial charge in [0, 0.05) is 0 Å². The van der Waals surface area contributed by atoms with Crippen LogP contribution in [0.5, 0.6) is 0 Å². The number of aliphatic hydroxyl groups excluding tert-OH is 4. The number of amides is 1. The zero-order valence-electron chi connectivity index (χ0n) is 33.3. The predicted octanol–water partition coefficient (Wildman–Crippen LogP) is 11.1. The van der Waals surface area contributed by atoms with Crippen LogP contribution in [0.3, 0.4) is 0 Å². The molecule has 0 heterocycles. The molecule has 0 saturated carbocycles. The van der Waals surface area contributed by atoms with Crippen molar-refractivity contribution >= 4 is 5.91 Å². The molecule has 4 unspecified atom stereocenters. The van der Waals surface area contributed by atoms with Crippen molar-refractivity contribution in [3.63, 3.8) is 0 Å². The van der Waals surface area contributed by atoms with Gasteiger partial charge >= 0.3 is 0 Å². The first kappa shape index (κ1) is 49.3. The standard InChI is InChI=1S/C45H83NO5/c1-3-5-7-9-11-13-15-17-19-20-21-22-23-24-25-27-28-30-32-34-36-38-42(48)44(50)41(40-47)46-45(51)43(49)39-37-35-33-31-29-26-18-16-14-12-10-8-6-4-2/h12,14,16,18,24-25,30,32,41-44,47-50H,3-11,13,15,17,19-23,26-29,31,33-40H2,1-2H3,(H,46,51)/b14-12-,18-16-,25-24+,32-30+. The van der Waals surface area contributed by atoms with Crippen molar-refractivity contribution in [2.45, 2.75) is 224 Å². The monoisotopic (exact) mass is 718 g/mol. The topological polar surface area (TPSA) is 110 Å². The zero-order chi connectivity index (χ0) is 37.5. The molecule has 51 heavy (non-hydrogen) atoms. The fourth-order valence-electron chi connectivity index (χ4n) is 6.29. The molecular weight excluding hydrogens is 634 g/mol. The minimum Gasteiger partial charge on any atom is -0.394 e. The summed E-state index contributed by atoms with van der Waals surface area (Å²) < 4.78 is 0. The maximum atomic E-state index is 12.5. The molecule has 0 aliphatic carbocycles. The molecule has 0 saturated heterocycles. The first-order valence-corrected chi connectivity index (χ1v) is 21.5. The fraction of sp³-hybridized carbons (Fsp3) is 0.800. The van der Waals surface area contributed by atoms with E-state index in [0.717, 1.165) is 64.2 Å². The second kappa shape index (κ2) is 39.5. The fourth-order valence-corrected chi connectivity index (χ4v) is 6.29. The molecule has 0 aromatic heterocycles. The highest BCUT2D eigenvalue weighted by Gasteiger charge is 2.28. The molecule has 0 aromatic carbocycles. The molecule has 4 atom stereocenters. The number of hydrogen-bond donors (Lipinski definition) is 5. The molecule has 0 aliphatic heterocycles. The van der Waals surface area contributed by atoms with Crippen LogP contribution in [0, 0.1) is 0 Å². The van der Waals surface area contributed by atoms with Crippen molar-refractivity contribution in [3.8, 4) is 0 Å². The van der Waals surface area contributed by atoms with Gasteiger partial charge in [-0.1, -0.05) is 172 Å². The van der Waals surface area contributed by atoms with Gasteiger partial charge in [0.1, 0.15) is 12.2 Å². The highest BCUT2D eigenvalue weighted by atomic mass is 16.3. The summed E-state index contributed by atoms with van der Waals surface area (Å²) in [6, 6.07) is -1.02. The van der Waals surface area contributed by atoms with Gasteiger partial charge in [0.25, 0.3) is 0 Å². The van der Waals surface area contributed by atoms with E-state index in [1.165, 1.54) is 103 Å². The third-order valence-electron chi connectivity index (χ3n) is 9.77. The molecule has 0 bridgehead atoms. The van der Waals surface area contributed by atoms with Crippen LogP contribution in [0.1, 0.15) is 200 Å². The summed E-state index contributed by atoms with van der Waals surface area (Å²) in [7, 11) is 0. The summed E-state index contributed by atoms with van der Waals surface area (Å²) in [5, 5.41) is 43.6. The van der Waals surface area contributed by atoms with Gasteiger partial charge in [-0.2, -0.15) is 0 Å². The minimum absolute atomic E-state index is 0.340. The molecular formula is C45H83NO5. The van der Waals surface area contributed by atoms with E-state index >= 15 is 0 Å². The van der Waals surface area contributed by atoms with Gasteiger partial charge < -0.3 is 25.7 Å². The van der Waals surface area contributed by atoms with Crippen LogP contribution in [-0.2, 0) is 4.79 Å². The Kier molecular flexibility index (Phi) is 38.1. The van der Waals surface area contributed by atoms with Crippen molar-refractivity contribution in [3.05, 3.63) is 48.6 Å². The Balaban J connectivity index is 3.84. The van der Waals surface area contributed by atoms with Crippen LogP contribution in [0.4, 0.5) is 0 Å². The Morgan fingerprint density at radius 2 is 0.882 bits per heavy atom. The number of unbranched alkanes of at least 4 members (excludes halogenated alkanes) is 22. The predicted molar refractivity (Wildman–Crippen MR) is 219 cm³/mol. The van der Waals surface area contributed by atoms with Gasteiger partial charge in [-0.25, -0.2) is 0 Å². The second-order valence-corrected chi connectivity index (χ2v) is 14.7. The van der Waals surface area contributed by atoms with Crippen molar-refractivity contribution < 1.29 is 25.2 Å². The number of nitrogens with one attached hydrogen (secondary N) is 1. The quantitative estimate of drug-likeness (QED) is 0.0248. The maximum absolute atomic E-state index is 12.5. The third-order valence-corrected chi connectivity index (χ3v) is 9.77. The van der Waals surface area contributed by atoms with E-state index < -0.39 is 36.9 Å². The van der Waals surface area contributed by atoms with Crippen LogP contribution in [0.25, 0.3) is 0 Å². The smallest absolute Gasteiger partial charge is 0.249 e. The Labute approximate surface area is 315 Å². The molecule has 1 amide bonds. The Morgan fingerprint density at radius 3 is 1.39 bits per heavy atom. The molecule has 0 rings (SSSR count). The minimum atomic E-state index is -1.30. The number of hydrogen-bond acceptors (Lipinski definition) is 5. The van der Waals surface area contributed by atoms with Gasteiger partial charge in [-0.3, -0.25) is 4.79 Å². The number of aliphatic hydroxyl groups is 4. The molecule has 6 nitrogen and oxygen atoms in total. The van der Waals surface area contributed by atoms with Crippen LogP contribution in [0.15, 0.2) is 48.6 Å². The maximum Gasteiger partial charge on any atom is 0.249 e. The van der Waals surface area contributed by atoms with E-state index in [1.807, 2.05) is 0 Å². The van der Waals surface area contributed by atoms with E-state index in [4.69, 9.17) is 0 Å². The van der Waals surface area contributed by atoms with E-state index in [9.17, 15) is 25.2 Å². The van der Waals surface area contributed by atoms with Crippen LogP contribution >= 0.6 is 0 Å². The van der Waals surface area contributed by atoms with Gasteiger partial charge in [0.15, 0.2) is 0 Å². The number of carbonyl (C=O) groups is 1. The largest absolute Gasteiger partial charge is 0.394 e. The van der Waals surface area contributed by atoms with E-state index in [1.54, 1.807) is 0 Å². The van der Waals surface area contributed by atoms with Gasteiger partial charge in [0.05, 0.1) is 18.8 Å². The summed E-state index contributed by atoms with van der Waals surface area (Å²) in [6.45, 7) is 3.99. The number of allylic oxidation sites excluding steroid dienone is 8. The average molecular weight is 718 g/mol. The molecule has 0 spiro atoms.